The van der Waals surface area contributed by atoms with Gasteiger partial charge >= 0.3 is 0 Å². The highest BCUT2D eigenvalue weighted by molar-refractivity contribution is 9.10. The number of phenols is 1. The third kappa shape index (κ3) is 7.01. The van der Waals surface area contributed by atoms with Gasteiger partial charge in [-0.25, -0.2) is 4.99 Å². The van der Waals surface area contributed by atoms with Crippen LogP contribution in [0.4, 0.5) is 0 Å². The average Bonchev–Trinajstić information content (AvgIpc) is 2.89. The maximum absolute atomic E-state index is 13.2. The van der Waals surface area contributed by atoms with Gasteiger partial charge in [0.25, 0.3) is 5.91 Å². The number of carbonyl (C=O) groups is 1. The Balaban J connectivity index is 1.47. The molecule has 0 radical (unpaired) electrons. The number of allylic oxidation sites excluding steroid dienone is 1. The van der Waals surface area contributed by atoms with Crippen molar-refractivity contribution in [3.63, 3.8) is 0 Å². The molecule has 0 saturated carbocycles. The van der Waals surface area contributed by atoms with E-state index in [2.05, 4.69) is 37.6 Å². The molecule has 1 aliphatic heterocycles. The number of benzene rings is 2. The summed E-state index contributed by atoms with van der Waals surface area (Å²) >= 11 is 9.43. The molecule has 4 rings (SSSR count). The highest BCUT2D eigenvalue weighted by Gasteiger charge is 2.24. The van der Waals surface area contributed by atoms with Crippen LogP contribution >= 0.6 is 27.5 Å². The predicted molar refractivity (Wildman–Crippen MR) is 155 cm³/mol. The fraction of sp³-hybridized carbons (Fsp3) is 0.276. The van der Waals surface area contributed by atoms with Crippen LogP contribution in [0.5, 0.6) is 5.75 Å². The maximum atomic E-state index is 13.2. The van der Waals surface area contributed by atoms with E-state index in [0.29, 0.717) is 23.7 Å². The zero-order valence-electron chi connectivity index (χ0n) is 21.6. The molecule has 0 saturated heterocycles. The molecule has 2 aromatic carbocycles. The molecule has 7 nitrogen and oxygen atoms in total. The Morgan fingerprint density at radius 3 is 2.74 bits per heavy atom. The van der Waals surface area contributed by atoms with Gasteiger partial charge in [0.15, 0.2) is 5.79 Å². The molecule has 0 spiro atoms. The number of amides is 1. The van der Waals surface area contributed by atoms with Crippen LogP contribution in [0.25, 0.3) is 0 Å². The van der Waals surface area contributed by atoms with Crippen LogP contribution in [0.1, 0.15) is 47.8 Å². The van der Waals surface area contributed by atoms with Gasteiger partial charge in [-0.2, -0.15) is 0 Å². The number of nitrogens with one attached hydrogen (secondary N) is 2. The van der Waals surface area contributed by atoms with Crippen molar-refractivity contribution in [3.05, 3.63) is 105 Å². The summed E-state index contributed by atoms with van der Waals surface area (Å²) in [7, 11) is 0. The molecule has 3 aromatic rings. The van der Waals surface area contributed by atoms with Gasteiger partial charge in [-0.15, -0.1) is 0 Å². The lowest BCUT2D eigenvalue weighted by Crippen LogP contribution is -2.53. The van der Waals surface area contributed by atoms with Crippen LogP contribution in [-0.4, -0.2) is 45.0 Å². The average molecular weight is 597 g/mol. The number of carbonyl (C=O) groups excluding carboxylic acids is 1. The summed E-state index contributed by atoms with van der Waals surface area (Å²) in [5.41, 5.74) is 4.40. The van der Waals surface area contributed by atoms with E-state index in [9.17, 15) is 9.90 Å². The van der Waals surface area contributed by atoms with Crippen molar-refractivity contribution in [2.24, 2.45) is 4.99 Å². The molecule has 1 aliphatic rings. The lowest BCUT2D eigenvalue weighted by molar-refractivity contribution is 0.0690. The van der Waals surface area contributed by atoms with Gasteiger partial charge in [-0.3, -0.25) is 15.1 Å². The predicted octanol–water partition coefficient (Wildman–Crippen LogP) is 5.67. The van der Waals surface area contributed by atoms with Gasteiger partial charge in [-0.1, -0.05) is 35.9 Å². The van der Waals surface area contributed by atoms with Crippen LogP contribution in [0.3, 0.4) is 0 Å². The molecule has 9 heteroatoms. The number of halogens is 2. The Morgan fingerprint density at radius 1 is 1.18 bits per heavy atom. The first-order valence-electron chi connectivity index (χ1n) is 12.4. The molecule has 0 aliphatic carbocycles. The quantitative estimate of drug-likeness (QED) is 0.296. The molecule has 1 unspecified atom stereocenters. The summed E-state index contributed by atoms with van der Waals surface area (Å²) in [6.45, 7) is 7.13. The van der Waals surface area contributed by atoms with Crippen molar-refractivity contribution < 1.29 is 9.90 Å². The first-order valence-corrected chi connectivity index (χ1v) is 13.6. The second kappa shape index (κ2) is 12.1. The molecule has 1 atom stereocenters. The van der Waals surface area contributed by atoms with Crippen molar-refractivity contribution in [2.75, 3.05) is 6.54 Å². The highest BCUT2D eigenvalue weighted by atomic mass is 79.9. The largest absolute Gasteiger partial charge is 0.506 e. The highest BCUT2D eigenvalue weighted by Crippen LogP contribution is 2.24. The molecular formula is C29H31BrClN5O2. The van der Waals surface area contributed by atoms with E-state index in [1.807, 2.05) is 62.2 Å². The van der Waals surface area contributed by atoms with Crippen LogP contribution in [0, 0.1) is 0 Å². The summed E-state index contributed by atoms with van der Waals surface area (Å²) in [5, 5.41) is 16.7. The number of hydrogen-bond donors (Lipinski definition) is 3. The van der Waals surface area contributed by atoms with Gasteiger partial charge in [-0.05, 0) is 84.6 Å². The molecule has 1 amide bonds. The Hall–Kier alpha value is -3.20. The number of aromatic hydroxyl groups is 1. The standard InChI is InChI=1S/C29H31BrClN5O2/c1-19(2)36(28(38)23-15-24(30)17-32-16-23)18-21-5-4-6-22(13-21)26-10-12-34-29(3,35-26)33-11-9-20-7-8-27(37)25(31)14-20/h4-8,10,12-17,19,33-34,37H,9,11,18H2,1-3H3. The van der Waals surface area contributed by atoms with Crippen LogP contribution in [-0.2, 0) is 13.0 Å². The van der Waals surface area contributed by atoms with Gasteiger partial charge in [0.05, 0.1) is 16.3 Å². The number of nitrogens with zero attached hydrogens (tertiary/aromatic N) is 3. The zero-order chi connectivity index (χ0) is 27.3. The molecule has 38 heavy (non-hydrogen) atoms. The lowest BCUT2D eigenvalue weighted by atomic mass is 10.0. The minimum atomic E-state index is -0.686. The fourth-order valence-electron chi connectivity index (χ4n) is 4.21. The van der Waals surface area contributed by atoms with E-state index in [0.717, 1.165) is 33.3 Å². The summed E-state index contributed by atoms with van der Waals surface area (Å²) < 4.78 is 0.772. The topological polar surface area (TPSA) is 89.9 Å². The van der Waals surface area contributed by atoms with Crippen molar-refractivity contribution in [1.29, 1.82) is 0 Å². The molecule has 0 bridgehead atoms. The Labute approximate surface area is 236 Å². The van der Waals surface area contributed by atoms with Gasteiger partial charge in [0, 0.05) is 47.8 Å². The first-order chi connectivity index (χ1) is 18.1. The number of aliphatic imine (C=N–C) groups is 1. The number of hydrogen-bond acceptors (Lipinski definition) is 6. The molecular weight excluding hydrogens is 566 g/mol. The Bertz CT molecular complexity index is 1380. The molecule has 198 valence electrons. The molecule has 1 aromatic heterocycles. The minimum Gasteiger partial charge on any atom is -0.506 e. The third-order valence-electron chi connectivity index (χ3n) is 6.26. The molecule has 3 N–H and O–H groups in total. The van der Waals surface area contributed by atoms with E-state index in [1.54, 1.807) is 30.6 Å². The van der Waals surface area contributed by atoms with Crippen molar-refractivity contribution in [3.8, 4) is 5.75 Å². The summed E-state index contributed by atoms with van der Waals surface area (Å²) in [6.07, 6.45) is 7.83. The zero-order valence-corrected chi connectivity index (χ0v) is 23.9. The van der Waals surface area contributed by atoms with Gasteiger partial charge in [0.1, 0.15) is 5.75 Å². The second-order valence-corrected chi connectivity index (χ2v) is 11.0. The Kier molecular flexibility index (Phi) is 8.87. The monoisotopic (exact) mass is 595 g/mol. The van der Waals surface area contributed by atoms with E-state index >= 15 is 0 Å². The summed E-state index contributed by atoms with van der Waals surface area (Å²) in [6, 6.07) is 15.2. The molecule has 0 fully saturated rings. The van der Waals surface area contributed by atoms with Crippen molar-refractivity contribution in [1.82, 2.24) is 20.5 Å². The lowest BCUT2D eigenvalue weighted by Gasteiger charge is -2.31. The van der Waals surface area contributed by atoms with E-state index in [1.165, 1.54) is 0 Å². The molecule has 2 heterocycles. The summed E-state index contributed by atoms with van der Waals surface area (Å²) in [4.78, 5) is 24.2. The number of aromatic nitrogens is 1. The fourth-order valence-corrected chi connectivity index (χ4v) is 4.78. The first kappa shape index (κ1) is 27.8. The normalized spacial score (nSPS) is 16.7. The number of rotatable bonds is 9. The smallest absolute Gasteiger partial charge is 0.255 e. The second-order valence-electron chi connectivity index (χ2n) is 9.63. The Morgan fingerprint density at radius 2 is 2.00 bits per heavy atom. The van der Waals surface area contributed by atoms with Crippen molar-refractivity contribution >= 4 is 39.1 Å². The van der Waals surface area contributed by atoms with E-state index in [-0.39, 0.29) is 17.7 Å². The van der Waals surface area contributed by atoms with Crippen LogP contribution in [0.2, 0.25) is 5.02 Å². The van der Waals surface area contributed by atoms with E-state index < -0.39 is 5.79 Å². The number of phenolic OH excluding ortho intramolecular Hbond substituents is 1. The SMILES string of the molecule is CC(C)N(Cc1cccc(C2=NC(C)(NCCc3ccc(O)c(Cl)c3)NC=C2)c1)C(=O)c1cncc(Br)c1. The van der Waals surface area contributed by atoms with E-state index in [4.69, 9.17) is 16.6 Å². The van der Waals surface area contributed by atoms with Crippen LogP contribution in [0.15, 0.2) is 82.7 Å². The van der Waals surface area contributed by atoms with Gasteiger partial charge in [0.2, 0.25) is 0 Å². The maximum Gasteiger partial charge on any atom is 0.255 e. The third-order valence-corrected chi connectivity index (χ3v) is 6.99. The minimum absolute atomic E-state index is 0.0113. The number of pyridine rings is 1. The van der Waals surface area contributed by atoms with Crippen molar-refractivity contribution in [2.45, 2.75) is 45.6 Å². The van der Waals surface area contributed by atoms with Crippen LogP contribution < -0.4 is 10.6 Å². The summed E-state index contributed by atoms with van der Waals surface area (Å²) in [5.74, 6) is -0.670. The van der Waals surface area contributed by atoms with Gasteiger partial charge < -0.3 is 15.3 Å².